The molecule has 3 heteroatoms. The molecule has 0 bridgehead atoms. The molecule has 0 saturated heterocycles. The van der Waals surface area contributed by atoms with E-state index in [0.29, 0.717) is 5.88 Å². The zero-order chi connectivity index (χ0) is 9.61. The number of alkyl halides is 1. The molecule has 0 aliphatic heterocycles. The summed E-state index contributed by atoms with van der Waals surface area (Å²) in [4.78, 5) is 0. The normalized spacial score (nSPS) is 14.8. The molecule has 0 aliphatic carbocycles. The Morgan fingerprint density at radius 1 is 1.17 bits per heavy atom. The lowest BCUT2D eigenvalue weighted by atomic mass is 10.5. The van der Waals surface area contributed by atoms with Crippen LogP contribution in [0.2, 0.25) is 18.1 Å². The molecule has 12 heavy (non-hydrogen) atoms. The van der Waals surface area contributed by atoms with Gasteiger partial charge < -0.3 is 4.43 Å². The Labute approximate surface area is 82.6 Å². The van der Waals surface area contributed by atoms with E-state index in [1.807, 2.05) is 0 Å². The van der Waals surface area contributed by atoms with Gasteiger partial charge in [-0.1, -0.05) is 20.8 Å². The highest BCUT2D eigenvalue weighted by Crippen LogP contribution is 2.23. The minimum atomic E-state index is -1.39. The van der Waals surface area contributed by atoms with Crippen molar-refractivity contribution in [1.29, 1.82) is 0 Å². The van der Waals surface area contributed by atoms with Crippen molar-refractivity contribution in [3.63, 3.8) is 0 Å². The first-order chi connectivity index (χ1) is 5.64. The van der Waals surface area contributed by atoms with Crippen molar-refractivity contribution in [2.45, 2.75) is 51.9 Å². The molecule has 74 valence electrons. The van der Waals surface area contributed by atoms with Crippen molar-refractivity contribution in [2.24, 2.45) is 0 Å². The third-order valence-corrected chi connectivity index (χ3v) is 7.80. The Hall–Kier alpha value is 0.467. The summed E-state index contributed by atoms with van der Waals surface area (Å²) in [5.41, 5.74) is 0. The lowest BCUT2D eigenvalue weighted by molar-refractivity contribution is 0.228. The summed E-state index contributed by atoms with van der Waals surface area (Å²) in [6.45, 7) is 8.77. The largest absolute Gasteiger partial charge is 0.413 e. The molecule has 0 unspecified atom stereocenters. The lowest BCUT2D eigenvalue weighted by Crippen LogP contribution is -2.39. The smallest absolute Gasteiger partial charge is 0.192 e. The molecule has 1 atom stereocenters. The van der Waals surface area contributed by atoms with E-state index in [1.165, 1.54) is 18.1 Å². The highest BCUT2D eigenvalue weighted by atomic mass is 35.5. The second-order valence-corrected chi connectivity index (χ2v) is 8.36. The van der Waals surface area contributed by atoms with Crippen molar-refractivity contribution >= 4 is 19.9 Å². The maximum atomic E-state index is 6.04. The topological polar surface area (TPSA) is 9.23 Å². The number of hydrogen-bond acceptors (Lipinski definition) is 1. The van der Waals surface area contributed by atoms with Gasteiger partial charge in [0.25, 0.3) is 0 Å². The van der Waals surface area contributed by atoms with Crippen LogP contribution in [0, 0.1) is 0 Å². The zero-order valence-corrected chi connectivity index (χ0v) is 10.4. The first-order valence-electron chi connectivity index (χ1n) is 4.87. The molecule has 1 nitrogen and oxygen atoms in total. The second kappa shape index (κ2) is 6.00. The number of halogens is 1. The highest BCUT2D eigenvalue weighted by Gasteiger charge is 2.30. The minimum Gasteiger partial charge on any atom is -0.413 e. The summed E-state index contributed by atoms with van der Waals surface area (Å²) in [5.74, 6) is 0.620. The molecule has 0 spiro atoms. The van der Waals surface area contributed by atoms with Gasteiger partial charge in [0.15, 0.2) is 8.32 Å². The maximum Gasteiger partial charge on any atom is 0.192 e. The van der Waals surface area contributed by atoms with Gasteiger partial charge in [-0.25, -0.2) is 0 Å². The van der Waals surface area contributed by atoms with Gasteiger partial charge in [0.05, 0.1) is 6.10 Å². The SMILES string of the molecule is CC[Si](CC)(CC)O[C@@H](C)CCl. The Kier molecular flexibility index (Phi) is 6.24. The predicted molar refractivity (Wildman–Crippen MR) is 58.5 cm³/mol. The van der Waals surface area contributed by atoms with Gasteiger partial charge in [0, 0.05) is 5.88 Å². The fraction of sp³-hybridized carbons (Fsp3) is 1.00. The summed E-state index contributed by atoms with van der Waals surface area (Å²) >= 11 is 5.73. The van der Waals surface area contributed by atoms with E-state index in [2.05, 4.69) is 27.7 Å². The van der Waals surface area contributed by atoms with E-state index >= 15 is 0 Å². The Morgan fingerprint density at radius 3 is 1.83 bits per heavy atom. The fourth-order valence-electron chi connectivity index (χ4n) is 1.46. The van der Waals surface area contributed by atoms with Crippen LogP contribution in [0.4, 0.5) is 0 Å². The van der Waals surface area contributed by atoms with Crippen LogP contribution in [0.15, 0.2) is 0 Å². The number of rotatable bonds is 6. The quantitative estimate of drug-likeness (QED) is 0.479. The molecule has 0 aromatic carbocycles. The van der Waals surface area contributed by atoms with E-state index in [1.54, 1.807) is 0 Å². The van der Waals surface area contributed by atoms with Gasteiger partial charge in [-0.15, -0.1) is 11.6 Å². The van der Waals surface area contributed by atoms with Gasteiger partial charge in [-0.05, 0) is 25.1 Å². The molecule has 0 saturated carbocycles. The van der Waals surface area contributed by atoms with Crippen LogP contribution in [-0.2, 0) is 4.43 Å². The van der Waals surface area contributed by atoms with Crippen molar-refractivity contribution in [3.8, 4) is 0 Å². The first kappa shape index (κ1) is 12.5. The first-order valence-corrected chi connectivity index (χ1v) is 7.94. The second-order valence-electron chi connectivity index (χ2n) is 3.33. The molecule has 0 heterocycles. The molecular weight excluding hydrogens is 188 g/mol. The molecule has 0 N–H and O–H groups in total. The average molecular weight is 209 g/mol. The van der Waals surface area contributed by atoms with Gasteiger partial charge in [-0.3, -0.25) is 0 Å². The lowest BCUT2D eigenvalue weighted by Gasteiger charge is -2.30. The third-order valence-electron chi connectivity index (χ3n) is 2.60. The van der Waals surface area contributed by atoms with Crippen molar-refractivity contribution in [1.82, 2.24) is 0 Å². The molecule has 0 radical (unpaired) electrons. The van der Waals surface area contributed by atoms with E-state index in [-0.39, 0.29) is 6.10 Å². The summed E-state index contributed by atoms with van der Waals surface area (Å²) < 4.78 is 6.04. The van der Waals surface area contributed by atoms with Crippen molar-refractivity contribution in [2.75, 3.05) is 5.88 Å². The maximum absolute atomic E-state index is 6.04. The van der Waals surface area contributed by atoms with E-state index in [9.17, 15) is 0 Å². The van der Waals surface area contributed by atoms with Crippen LogP contribution in [0.3, 0.4) is 0 Å². The molecule has 0 aliphatic rings. The van der Waals surface area contributed by atoms with Crippen molar-refractivity contribution < 1.29 is 4.43 Å². The van der Waals surface area contributed by atoms with Crippen LogP contribution in [0.5, 0.6) is 0 Å². The molecule has 0 rings (SSSR count). The van der Waals surface area contributed by atoms with Crippen LogP contribution in [0.1, 0.15) is 27.7 Å². The van der Waals surface area contributed by atoms with Gasteiger partial charge in [-0.2, -0.15) is 0 Å². The molecule has 0 aromatic rings. The van der Waals surface area contributed by atoms with Crippen LogP contribution in [0.25, 0.3) is 0 Å². The molecular formula is C9H21ClOSi. The molecule has 0 aromatic heterocycles. The van der Waals surface area contributed by atoms with Crippen molar-refractivity contribution in [3.05, 3.63) is 0 Å². The van der Waals surface area contributed by atoms with E-state index in [0.717, 1.165) is 0 Å². The highest BCUT2D eigenvalue weighted by molar-refractivity contribution is 6.73. The average Bonchev–Trinajstić information content (AvgIpc) is 2.14. The Morgan fingerprint density at radius 2 is 1.58 bits per heavy atom. The molecule has 0 fully saturated rings. The van der Waals surface area contributed by atoms with Crippen LogP contribution in [-0.4, -0.2) is 20.3 Å². The summed E-state index contributed by atoms with van der Waals surface area (Å²) in [5, 5.41) is 0. The number of hydrogen-bond donors (Lipinski definition) is 0. The predicted octanol–water partition coefficient (Wildman–Crippen LogP) is 3.64. The summed E-state index contributed by atoms with van der Waals surface area (Å²) in [6.07, 6.45) is 0.234. The molecule has 0 amide bonds. The van der Waals surface area contributed by atoms with E-state index in [4.69, 9.17) is 16.0 Å². The fourth-order valence-corrected chi connectivity index (χ4v) is 4.56. The van der Waals surface area contributed by atoms with Gasteiger partial charge >= 0.3 is 0 Å². The third kappa shape index (κ3) is 3.46. The van der Waals surface area contributed by atoms with Crippen LogP contribution >= 0.6 is 11.6 Å². The standard InChI is InChI=1S/C9H21ClOSi/c1-5-12(6-2,7-3)11-9(4)8-10/h9H,5-8H2,1-4H3/t9-/m0/s1. The van der Waals surface area contributed by atoms with Gasteiger partial charge in [0.1, 0.15) is 0 Å². The Bertz CT molecular complexity index is 107. The summed E-state index contributed by atoms with van der Waals surface area (Å²) in [7, 11) is -1.39. The monoisotopic (exact) mass is 208 g/mol. The summed E-state index contributed by atoms with van der Waals surface area (Å²) in [6, 6.07) is 3.63. The van der Waals surface area contributed by atoms with Gasteiger partial charge in [0.2, 0.25) is 0 Å². The van der Waals surface area contributed by atoms with Crippen LogP contribution < -0.4 is 0 Å². The zero-order valence-electron chi connectivity index (χ0n) is 8.69. The van der Waals surface area contributed by atoms with E-state index < -0.39 is 8.32 Å². The Balaban J connectivity index is 4.09. The minimum absolute atomic E-state index is 0.234.